The molecule has 1 aromatic heterocycles. The Morgan fingerprint density at radius 3 is 2.59 bits per heavy atom. The molecule has 1 heterocycles. The van der Waals surface area contributed by atoms with Gasteiger partial charge in [0.1, 0.15) is 0 Å². The number of benzene rings is 1. The number of carboxylic acids is 1. The maximum atomic E-state index is 12.2. The summed E-state index contributed by atoms with van der Waals surface area (Å²) < 4.78 is 0. The summed E-state index contributed by atoms with van der Waals surface area (Å²) in [6.07, 6.45) is 2.03. The number of carbonyl (C=O) groups is 3. The van der Waals surface area contributed by atoms with E-state index in [1.54, 1.807) is 49.4 Å². The lowest BCUT2D eigenvalue weighted by Crippen LogP contribution is -2.38. The molecule has 0 aliphatic carbocycles. The lowest BCUT2D eigenvalue weighted by atomic mass is 9.94. The molecule has 0 bridgehead atoms. The van der Waals surface area contributed by atoms with Crippen molar-refractivity contribution in [3.05, 3.63) is 52.2 Å². The first-order valence-corrected chi connectivity index (χ1v) is 9.60. The zero-order valence-electron chi connectivity index (χ0n) is 15.5. The third-order valence-electron chi connectivity index (χ3n) is 4.09. The molecule has 6 nitrogen and oxygen atoms in total. The normalized spacial score (nSPS) is 11.0. The molecule has 2 amide bonds. The van der Waals surface area contributed by atoms with E-state index in [4.69, 9.17) is 5.11 Å². The van der Waals surface area contributed by atoms with Gasteiger partial charge < -0.3 is 15.7 Å². The minimum atomic E-state index is -1.05. The number of amides is 2. The van der Waals surface area contributed by atoms with Gasteiger partial charge in [0.2, 0.25) is 5.91 Å². The Morgan fingerprint density at radius 1 is 1.15 bits per heavy atom. The Kier molecular flexibility index (Phi) is 7.12. The van der Waals surface area contributed by atoms with Gasteiger partial charge in [-0.2, -0.15) is 0 Å². The molecule has 0 saturated heterocycles. The summed E-state index contributed by atoms with van der Waals surface area (Å²) in [6.45, 7) is 3.10. The van der Waals surface area contributed by atoms with E-state index in [2.05, 4.69) is 16.7 Å². The van der Waals surface area contributed by atoms with Gasteiger partial charge in [0.15, 0.2) is 0 Å². The van der Waals surface area contributed by atoms with Crippen molar-refractivity contribution in [3.8, 4) is 0 Å². The average molecular weight is 388 g/mol. The quantitative estimate of drug-likeness (QED) is 0.612. The van der Waals surface area contributed by atoms with Gasteiger partial charge in [-0.05, 0) is 56.3 Å². The Labute approximate surface area is 162 Å². The molecule has 0 aliphatic heterocycles. The van der Waals surface area contributed by atoms with Crippen molar-refractivity contribution < 1.29 is 19.5 Å². The monoisotopic (exact) mass is 388 g/mol. The van der Waals surface area contributed by atoms with E-state index in [1.165, 1.54) is 4.88 Å². The molecule has 144 valence electrons. The molecule has 0 aliphatic rings. The van der Waals surface area contributed by atoms with Gasteiger partial charge in [-0.25, -0.2) is 0 Å². The predicted molar refractivity (Wildman–Crippen MR) is 106 cm³/mol. The second-order valence-corrected chi connectivity index (χ2v) is 7.97. The molecule has 2 rings (SSSR count). The Bertz CT molecular complexity index is 800. The number of aryl methyl sites for hydroxylation is 1. The van der Waals surface area contributed by atoms with E-state index in [1.807, 2.05) is 11.4 Å². The van der Waals surface area contributed by atoms with E-state index in [9.17, 15) is 14.4 Å². The van der Waals surface area contributed by atoms with E-state index < -0.39 is 11.4 Å². The maximum absolute atomic E-state index is 12.2. The summed E-state index contributed by atoms with van der Waals surface area (Å²) in [5.41, 5.74) is -0.141. The number of hydrogen-bond acceptors (Lipinski definition) is 4. The molecule has 0 unspecified atom stereocenters. The summed E-state index contributed by atoms with van der Waals surface area (Å²) in [5.74, 6) is -1.46. The minimum absolute atomic E-state index is 0.0144. The van der Waals surface area contributed by atoms with Crippen LogP contribution in [-0.4, -0.2) is 29.4 Å². The summed E-state index contributed by atoms with van der Waals surface area (Å²) in [7, 11) is 0. The van der Waals surface area contributed by atoms with Crippen molar-refractivity contribution in [2.75, 3.05) is 11.9 Å². The Balaban J connectivity index is 1.85. The number of aliphatic carboxylic acids is 1. The molecular formula is C20H24N2O4S. The molecule has 0 saturated carbocycles. The highest BCUT2D eigenvalue weighted by molar-refractivity contribution is 7.09. The first kappa shape index (κ1) is 20.6. The third-order valence-corrected chi connectivity index (χ3v) is 5.02. The molecule has 7 heteroatoms. The summed E-state index contributed by atoms with van der Waals surface area (Å²) in [5, 5.41) is 16.5. The SMILES string of the molecule is CC(C)(CNC(=O)c1cccc(NC(=O)CCCc2cccs2)c1)C(=O)O. The van der Waals surface area contributed by atoms with Crippen molar-refractivity contribution in [2.45, 2.75) is 33.1 Å². The second-order valence-electron chi connectivity index (χ2n) is 6.93. The predicted octanol–water partition coefficient (Wildman–Crippen LogP) is 3.55. The van der Waals surface area contributed by atoms with E-state index in [0.717, 1.165) is 12.8 Å². The standard InChI is InChI=1S/C20H24N2O4S/c1-20(2,19(25)26)13-21-18(24)14-6-3-7-15(12-14)22-17(23)10-4-8-16-9-5-11-27-16/h3,5-7,9,11-12H,4,8,10,13H2,1-2H3,(H,21,24)(H,22,23)(H,25,26). The number of hydrogen-bond donors (Lipinski definition) is 3. The van der Waals surface area contributed by atoms with Crippen molar-refractivity contribution in [2.24, 2.45) is 5.41 Å². The van der Waals surface area contributed by atoms with E-state index in [0.29, 0.717) is 17.7 Å². The van der Waals surface area contributed by atoms with E-state index >= 15 is 0 Å². The minimum Gasteiger partial charge on any atom is -0.481 e. The molecule has 0 spiro atoms. The Hall–Kier alpha value is -2.67. The highest BCUT2D eigenvalue weighted by Crippen LogP contribution is 2.16. The molecule has 1 aromatic carbocycles. The van der Waals surface area contributed by atoms with Gasteiger partial charge in [-0.3, -0.25) is 14.4 Å². The molecule has 3 N–H and O–H groups in total. The lowest BCUT2D eigenvalue weighted by Gasteiger charge is -2.19. The first-order valence-electron chi connectivity index (χ1n) is 8.72. The molecule has 2 aromatic rings. The molecular weight excluding hydrogens is 364 g/mol. The summed E-state index contributed by atoms with van der Waals surface area (Å²) in [4.78, 5) is 36.7. The number of nitrogens with one attached hydrogen (secondary N) is 2. The van der Waals surface area contributed by atoms with Crippen LogP contribution >= 0.6 is 11.3 Å². The first-order chi connectivity index (χ1) is 12.8. The van der Waals surface area contributed by atoms with Crippen molar-refractivity contribution >= 4 is 34.8 Å². The van der Waals surface area contributed by atoms with Gasteiger partial charge in [-0.15, -0.1) is 11.3 Å². The van der Waals surface area contributed by atoms with Crippen LogP contribution in [0.2, 0.25) is 0 Å². The van der Waals surface area contributed by atoms with Gasteiger partial charge in [0.25, 0.3) is 5.91 Å². The summed E-state index contributed by atoms with van der Waals surface area (Å²) in [6, 6.07) is 10.6. The maximum Gasteiger partial charge on any atom is 0.310 e. The molecule has 27 heavy (non-hydrogen) atoms. The fraction of sp³-hybridized carbons (Fsp3) is 0.350. The third kappa shape index (κ3) is 6.53. The van der Waals surface area contributed by atoms with Gasteiger partial charge >= 0.3 is 5.97 Å². The number of rotatable bonds is 9. The van der Waals surface area contributed by atoms with Gasteiger partial charge in [0.05, 0.1) is 5.41 Å². The van der Waals surface area contributed by atoms with Crippen LogP contribution in [0.25, 0.3) is 0 Å². The van der Waals surface area contributed by atoms with Crippen molar-refractivity contribution in [3.63, 3.8) is 0 Å². The van der Waals surface area contributed by atoms with Crippen LogP contribution in [0, 0.1) is 5.41 Å². The second kappa shape index (κ2) is 9.32. The van der Waals surface area contributed by atoms with Crippen molar-refractivity contribution in [1.29, 1.82) is 0 Å². The summed E-state index contributed by atoms with van der Waals surface area (Å²) >= 11 is 1.68. The van der Waals surface area contributed by atoms with Crippen LogP contribution in [0.1, 0.15) is 41.9 Å². The topological polar surface area (TPSA) is 95.5 Å². The zero-order valence-corrected chi connectivity index (χ0v) is 16.3. The lowest BCUT2D eigenvalue weighted by molar-refractivity contribution is -0.146. The van der Waals surface area contributed by atoms with Crippen LogP contribution in [0.3, 0.4) is 0 Å². The highest BCUT2D eigenvalue weighted by Gasteiger charge is 2.27. The molecule has 0 atom stereocenters. The Morgan fingerprint density at radius 2 is 1.93 bits per heavy atom. The van der Waals surface area contributed by atoms with Crippen LogP contribution in [0.15, 0.2) is 41.8 Å². The largest absolute Gasteiger partial charge is 0.481 e. The van der Waals surface area contributed by atoms with Crippen LogP contribution in [-0.2, 0) is 16.0 Å². The molecule has 0 fully saturated rings. The molecule has 0 radical (unpaired) electrons. The van der Waals surface area contributed by atoms with Crippen molar-refractivity contribution in [1.82, 2.24) is 5.32 Å². The fourth-order valence-corrected chi connectivity index (χ4v) is 3.07. The average Bonchev–Trinajstić information content (AvgIpc) is 3.13. The number of thiophene rings is 1. The van der Waals surface area contributed by atoms with Gasteiger partial charge in [-0.1, -0.05) is 12.1 Å². The smallest absolute Gasteiger partial charge is 0.310 e. The number of carbonyl (C=O) groups excluding carboxylic acids is 2. The van der Waals surface area contributed by atoms with Gasteiger partial charge in [0, 0.05) is 29.1 Å². The van der Waals surface area contributed by atoms with Crippen LogP contribution in [0.4, 0.5) is 5.69 Å². The highest BCUT2D eigenvalue weighted by atomic mass is 32.1. The zero-order chi connectivity index (χ0) is 19.9. The number of carboxylic acid groups (broad SMARTS) is 1. The fourth-order valence-electron chi connectivity index (χ4n) is 2.32. The number of anilines is 1. The van der Waals surface area contributed by atoms with Crippen LogP contribution < -0.4 is 10.6 Å². The van der Waals surface area contributed by atoms with Crippen LogP contribution in [0.5, 0.6) is 0 Å². The van der Waals surface area contributed by atoms with E-state index in [-0.39, 0.29) is 18.4 Å².